The molecule has 1 rings (SSSR count). The molecule has 0 bridgehead atoms. The van der Waals surface area contributed by atoms with Crippen LogP contribution in [-0.2, 0) is 9.59 Å². The second-order valence-corrected chi connectivity index (χ2v) is 5.14. The van der Waals surface area contributed by atoms with Crippen LogP contribution in [0.25, 0.3) is 0 Å². The van der Waals surface area contributed by atoms with E-state index in [1.807, 2.05) is 13.8 Å². The molecule has 0 radical (unpaired) electrons. The molecule has 0 aliphatic rings. The molecular formula is C15H24N4O2. The predicted molar refractivity (Wildman–Crippen MR) is 85.0 cm³/mol. The van der Waals surface area contributed by atoms with Gasteiger partial charge in [0, 0.05) is 17.9 Å². The number of benzene rings is 1. The summed E-state index contributed by atoms with van der Waals surface area (Å²) in [6, 6.07) is 5.32. The minimum atomic E-state index is -0.159. The lowest BCUT2D eigenvalue weighted by Gasteiger charge is -2.16. The van der Waals surface area contributed by atoms with Crippen molar-refractivity contribution < 1.29 is 9.59 Å². The monoisotopic (exact) mass is 292 g/mol. The molecule has 6 heteroatoms. The Labute approximate surface area is 125 Å². The fourth-order valence-corrected chi connectivity index (χ4v) is 1.88. The Morgan fingerprint density at radius 2 is 1.90 bits per heavy atom. The molecular weight excluding hydrogens is 268 g/mol. The van der Waals surface area contributed by atoms with E-state index in [-0.39, 0.29) is 24.9 Å². The Balaban J connectivity index is 2.44. The van der Waals surface area contributed by atoms with Crippen LogP contribution in [-0.4, -0.2) is 43.4 Å². The molecule has 4 N–H and O–H groups in total. The van der Waals surface area contributed by atoms with E-state index < -0.39 is 0 Å². The second kappa shape index (κ2) is 8.26. The first-order valence-corrected chi connectivity index (χ1v) is 7.03. The van der Waals surface area contributed by atoms with Gasteiger partial charge in [-0.3, -0.25) is 14.5 Å². The molecule has 0 spiro atoms. The van der Waals surface area contributed by atoms with Gasteiger partial charge in [-0.2, -0.15) is 0 Å². The number of nitrogens with one attached hydrogen (secondary N) is 2. The second-order valence-electron chi connectivity index (χ2n) is 5.14. The van der Waals surface area contributed by atoms with Gasteiger partial charge in [-0.15, -0.1) is 0 Å². The van der Waals surface area contributed by atoms with Crippen LogP contribution in [0.3, 0.4) is 0 Å². The lowest BCUT2D eigenvalue weighted by atomic mass is 10.2. The maximum atomic E-state index is 11.9. The number of nitrogens with zero attached hydrogens (tertiary/aromatic N) is 1. The highest BCUT2D eigenvalue weighted by molar-refractivity contribution is 5.93. The van der Waals surface area contributed by atoms with Crippen molar-refractivity contribution in [1.29, 1.82) is 0 Å². The maximum absolute atomic E-state index is 11.9. The zero-order chi connectivity index (χ0) is 15.8. The summed E-state index contributed by atoms with van der Waals surface area (Å²) in [6.07, 6.45) is 0.895. The largest absolute Gasteiger partial charge is 0.399 e. The highest BCUT2D eigenvalue weighted by atomic mass is 16.2. The molecule has 0 heterocycles. The maximum Gasteiger partial charge on any atom is 0.238 e. The molecule has 0 unspecified atom stereocenters. The van der Waals surface area contributed by atoms with Crippen molar-refractivity contribution in [1.82, 2.24) is 10.2 Å². The van der Waals surface area contributed by atoms with Gasteiger partial charge in [0.2, 0.25) is 11.8 Å². The minimum absolute atomic E-state index is 0.0733. The minimum Gasteiger partial charge on any atom is -0.399 e. The van der Waals surface area contributed by atoms with Gasteiger partial charge in [0.25, 0.3) is 0 Å². The number of amides is 2. The standard InChI is InChI=1S/C15H24N4O2/c1-4-7-17-14(20)9-19(3)10-15(21)18-13-6-5-12(16)8-11(13)2/h5-6,8H,4,7,9-10,16H2,1-3H3,(H,17,20)(H,18,21). The number of likely N-dealkylation sites (N-methyl/N-ethyl adjacent to an activating group) is 1. The molecule has 6 nitrogen and oxygen atoms in total. The van der Waals surface area contributed by atoms with Gasteiger partial charge in [0.15, 0.2) is 0 Å². The highest BCUT2D eigenvalue weighted by Crippen LogP contribution is 2.17. The molecule has 0 aliphatic heterocycles. The Morgan fingerprint density at radius 1 is 1.24 bits per heavy atom. The Bertz CT molecular complexity index is 502. The Kier molecular flexibility index (Phi) is 6.68. The van der Waals surface area contributed by atoms with Crippen LogP contribution in [0.2, 0.25) is 0 Å². The van der Waals surface area contributed by atoms with Gasteiger partial charge in [-0.05, 0) is 44.2 Å². The summed E-state index contributed by atoms with van der Waals surface area (Å²) in [5.41, 5.74) is 7.97. The van der Waals surface area contributed by atoms with E-state index in [1.54, 1.807) is 30.1 Å². The summed E-state index contributed by atoms with van der Waals surface area (Å²) in [4.78, 5) is 25.2. The number of nitrogens with two attached hydrogens (primary N) is 1. The van der Waals surface area contributed by atoms with Gasteiger partial charge in [0.1, 0.15) is 0 Å². The van der Waals surface area contributed by atoms with Crippen molar-refractivity contribution in [2.75, 3.05) is 37.7 Å². The molecule has 0 aliphatic carbocycles. The van der Waals surface area contributed by atoms with Crippen molar-refractivity contribution in [3.63, 3.8) is 0 Å². The Hall–Kier alpha value is -2.08. The number of aryl methyl sites for hydroxylation is 1. The zero-order valence-electron chi connectivity index (χ0n) is 12.9. The normalized spacial score (nSPS) is 10.5. The van der Waals surface area contributed by atoms with Crippen LogP contribution in [0.5, 0.6) is 0 Å². The van der Waals surface area contributed by atoms with Gasteiger partial charge < -0.3 is 16.4 Å². The van der Waals surface area contributed by atoms with Gasteiger partial charge in [-0.25, -0.2) is 0 Å². The van der Waals surface area contributed by atoms with Gasteiger partial charge in [-0.1, -0.05) is 6.92 Å². The smallest absolute Gasteiger partial charge is 0.238 e. The number of nitrogen functional groups attached to an aromatic ring is 1. The molecule has 116 valence electrons. The molecule has 1 aromatic rings. The average molecular weight is 292 g/mol. The average Bonchev–Trinajstić information content (AvgIpc) is 2.39. The number of rotatable bonds is 7. The molecule has 0 atom stereocenters. The van der Waals surface area contributed by atoms with Crippen molar-refractivity contribution >= 4 is 23.2 Å². The predicted octanol–water partition coefficient (Wildman–Crippen LogP) is 0.974. The van der Waals surface area contributed by atoms with Crippen LogP contribution in [0.1, 0.15) is 18.9 Å². The fourth-order valence-electron chi connectivity index (χ4n) is 1.88. The fraction of sp³-hybridized carbons (Fsp3) is 0.467. The number of carbonyl (C=O) groups excluding carboxylic acids is 2. The number of carbonyl (C=O) groups is 2. The third-order valence-electron chi connectivity index (χ3n) is 2.92. The van der Waals surface area contributed by atoms with Crippen LogP contribution >= 0.6 is 0 Å². The van der Waals surface area contributed by atoms with E-state index in [9.17, 15) is 9.59 Å². The summed E-state index contributed by atoms with van der Waals surface area (Å²) in [6.45, 7) is 4.89. The molecule has 21 heavy (non-hydrogen) atoms. The van der Waals surface area contributed by atoms with Crippen LogP contribution in [0.4, 0.5) is 11.4 Å². The number of hydrogen-bond donors (Lipinski definition) is 3. The molecule has 1 aromatic carbocycles. The van der Waals surface area contributed by atoms with Crippen molar-refractivity contribution in [2.24, 2.45) is 0 Å². The molecule has 0 aromatic heterocycles. The summed E-state index contributed by atoms with van der Waals surface area (Å²) in [7, 11) is 1.74. The van der Waals surface area contributed by atoms with Crippen molar-refractivity contribution in [3.05, 3.63) is 23.8 Å². The lowest BCUT2D eigenvalue weighted by Crippen LogP contribution is -2.39. The van der Waals surface area contributed by atoms with Gasteiger partial charge in [0.05, 0.1) is 13.1 Å². The van der Waals surface area contributed by atoms with Crippen molar-refractivity contribution in [3.8, 4) is 0 Å². The zero-order valence-corrected chi connectivity index (χ0v) is 12.9. The summed E-state index contributed by atoms with van der Waals surface area (Å²) in [5.74, 6) is -0.232. The quantitative estimate of drug-likeness (QED) is 0.654. The summed E-state index contributed by atoms with van der Waals surface area (Å²) >= 11 is 0. The third-order valence-corrected chi connectivity index (χ3v) is 2.92. The first-order valence-electron chi connectivity index (χ1n) is 7.03. The first-order chi connectivity index (χ1) is 9.92. The molecule has 0 fully saturated rings. The van der Waals surface area contributed by atoms with Crippen LogP contribution < -0.4 is 16.4 Å². The van der Waals surface area contributed by atoms with E-state index in [0.717, 1.165) is 17.7 Å². The SMILES string of the molecule is CCCNC(=O)CN(C)CC(=O)Nc1ccc(N)cc1C. The third kappa shape index (κ3) is 6.27. The molecule has 0 saturated heterocycles. The van der Waals surface area contributed by atoms with E-state index in [4.69, 9.17) is 5.73 Å². The van der Waals surface area contributed by atoms with E-state index in [0.29, 0.717) is 12.2 Å². The van der Waals surface area contributed by atoms with E-state index in [1.165, 1.54) is 0 Å². The van der Waals surface area contributed by atoms with Crippen LogP contribution in [0.15, 0.2) is 18.2 Å². The molecule has 2 amide bonds. The lowest BCUT2D eigenvalue weighted by molar-refractivity contribution is -0.122. The topological polar surface area (TPSA) is 87.5 Å². The first kappa shape index (κ1) is 17.0. The molecule has 0 saturated carbocycles. The van der Waals surface area contributed by atoms with E-state index >= 15 is 0 Å². The van der Waals surface area contributed by atoms with Crippen LogP contribution in [0, 0.1) is 6.92 Å². The van der Waals surface area contributed by atoms with E-state index in [2.05, 4.69) is 10.6 Å². The highest BCUT2D eigenvalue weighted by Gasteiger charge is 2.11. The number of hydrogen-bond acceptors (Lipinski definition) is 4. The summed E-state index contributed by atoms with van der Waals surface area (Å²) < 4.78 is 0. The van der Waals surface area contributed by atoms with Gasteiger partial charge >= 0.3 is 0 Å². The summed E-state index contributed by atoms with van der Waals surface area (Å²) in [5, 5.41) is 5.59. The Morgan fingerprint density at radius 3 is 2.52 bits per heavy atom. The van der Waals surface area contributed by atoms with Crippen molar-refractivity contribution in [2.45, 2.75) is 20.3 Å². The number of anilines is 2.